The molecule has 1 saturated carbocycles. The van der Waals surface area contributed by atoms with Crippen LogP contribution < -0.4 is 15.4 Å². The number of sulfonamides is 1. The van der Waals surface area contributed by atoms with Crippen LogP contribution in [0.2, 0.25) is 0 Å². The molecule has 176 valence electrons. The summed E-state index contributed by atoms with van der Waals surface area (Å²) >= 11 is 0. The van der Waals surface area contributed by atoms with Crippen molar-refractivity contribution in [3.63, 3.8) is 0 Å². The Morgan fingerprint density at radius 1 is 1.06 bits per heavy atom. The number of hydrogen-bond acceptors (Lipinski definition) is 5. The van der Waals surface area contributed by atoms with Crippen LogP contribution in [0.5, 0.6) is 5.75 Å². The lowest BCUT2D eigenvalue weighted by atomic mass is 9.98. The zero-order valence-corrected chi connectivity index (χ0v) is 19.7. The van der Waals surface area contributed by atoms with E-state index < -0.39 is 15.9 Å². The lowest BCUT2D eigenvalue weighted by Crippen LogP contribution is -2.43. The van der Waals surface area contributed by atoms with Crippen molar-refractivity contribution in [1.82, 2.24) is 9.62 Å². The molecule has 2 amide bonds. The molecular weight excluding hydrogens is 442 g/mol. The number of benzene rings is 2. The van der Waals surface area contributed by atoms with Gasteiger partial charge in [0.2, 0.25) is 15.9 Å². The minimum atomic E-state index is -3.71. The molecule has 0 aromatic heterocycles. The van der Waals surface area contributed by atoms with Crippen LogP contribution in [0.25, 0.3) is 0 Å². The van der Waals surface area contributed by atoms with Gasteiger partial charge >= 0.3 is 0 Å². The number of aryl methyl sites for hydroxylation is 1. The van der Waals surface area contributed by atoms with Gasteiger partial charge in [-0.1, -0.05) is 6.07 Å². The average Bonchev–Trinajstić information content (AvgIpc) is 3.64. The minimum absolute atomic E-state index is 0.112. The molecule has 2 aliphatic rings. The molecule has 1 aliphatic heterocycles. The van der Waals surface area contributed by atoms with Gasteiger partial charge in [0.1, 0.15) is 5.75 Å². The molecule has 1 saturated heterocycles. The molecule has 2 fully saturated rings. The van der Waals surface area contributed by atoms with E-state index in [1.165, 1.54) is 23.5 Å². The number of carbonyl (C=O) groups is 2. The molecule has 2 N–H and O–H groups in total. The minimum Gasteiger partial charge on any atom is -0.497 e. The van der Waals surface area contributed by atoms with Gasteiger partial charge in [-0.15, -0.1) is 0 Å². The molecule has 2 aromatic carbocycles. The third-order valence-electron chi connectivity index (χ3n) is 6.12. The van der Waals surface area contributed by atoms with Crippen LogP contribution in [0.4, 0.5) is 5.69 Å². The lowest BCUT2D eigenvalue weighted by Gasteiger charge is -2.31. The quantitative estimate of drug-likeness (QED) is 0.646. The summed E-state index contributed by atoms with van der Waals surface area (Å²) in [5, 5.41) is 5.86. The van der Waals surface area contributed by atoms with Crippen LogP contribution >= 0.6 is 0 Å². The highest BCUT2D eigenvalue weighted by atomic mass is 32.2. The highest BCUT2D eigenvalue weighted by Crippen LogP contribution is 2.27. The average molecular weight is 472 g/mol. The summed E-state index contributed by atoms with van der Waals surface area (Å²) in [7, 11) is -2.19. The number of carbonyl (C=O) groups excluding carboxylic acids is 2. The third-order valence-corrected chi connectivity index (χ3v) is 8.00. The van der Waals surface area contributed by atoms with Gasteiger partial charge in [0, 0.05) is 30.4 Å². The van der Waals surface area contributed by atoms with Gasteiger partial charge in [-0.2, -0.15) is 4.31 Å². The molecular formula is C24H29N3O5S. The monoisotopic (exact) mass is 471 g/mol. The van der Waals surface area contributed by atoms with Crippen molar-refractivity contribution in [2.24, 2.45) is 5.92 Å². The maximum Gasteiger partial charge on any atom is 0.251 e. The summed E-state index contributed by atoms with van der Waals surface area (Å²) < 4.78 is 32.6. The summed E-state index contributed by atoms with van der Waals surface area (Å²) in [5.74, 6) is -0.293. The van der Waals surface area contributed by atoms with Gasteiger partial charge < -0.3 is 15.4 Å². The van der Waals surface area contributed by atoms with Crippen molar-refractivity contribution in [2.45, 2.75) is 43.5 Å². The fourth-order valence-electron chi connectivity index (χ4n) is 3.90. The molecule has 1 heterocycles. The van der Waals surface area contributed by atoms with Crippen LogP contribution in [-0.2, 0) is 14.8 Å². The smallest absolute Gasteiger partial charge is 0.251 e. The molecule has 8 nitrogen and oxygen atoms in total. The van der Waals surface area contributed by atoms with E-state index in [1.54, 1.807) is 30.3 Å². The number of amides is 2. The van der Waals surface area contributed by atoms with Gasteiger partial charge in [-0.25, -0.2) is 8.42 Å². The van der Waals surface area contributed by atoms with E-state index in [-0.39, 0.29) is 29.3 Å². The fourth-order valence-corrected chi connectivity index (χ4v) is 5.42. The number of anilines is 1. The highest BCUT2D eigenvalue weighted by molar-refractivity contribution is 7.89. The third kappa shape index (κ3) is 5.36. The van der Waals surface area contributed by atoms with Crippen LogP contribution in [0.3, 0.4) is 0 Å². The predicted octanol–water partition coefficient (Wildman–Crippen LogP) is 2.94. The zero-order valence-electron chi connectivity index (χ0n) is 18.8. The first-order valence-corrected chi connectivity index (χ1v) is 12.6. The van der Waals surface area contributed by atoms with E-state index >= 15 is 0 Å². The fraction of sp³-hybridized carbons (Fsp3) is 0.417. The number of piperidine rings is 1. The molecule has 1 atom stereocenters. The van der Waals surface area contributed by atoms with E-state index in [1.807, 2.05) is 6.92 Å². The largest absolute Gasteiger partial charge is 0.497 e. The molecule has 4 rings (SSSR count). The summed E-state index contributed by atoms with van der Waals surface area (Å²) in [6, 6.07) is 11.7. The first kappa shape index (κ1) is 23.3. The van der Waals surface area contributed by atoms with Gasteiger partial charge in [0.05, 0.1) is 17.9 Å². The summed E-state index contributed by atoms with van der Waals surface area (Å²) in [5.41, 5.74) is 1.90. The SMILES string of the molecule is COc1ccc(S(=O)(=O)N2CCCC(C(=O)Nc3cc(C(=O)NC4CC4)ccc3C)C2)cc1. The van der Waals surface area contributed by atoms with Crippen molar-refractivity contribution in [2.75, 3.05) is 25.5 Å². The van der Waals surface area contributed by atoms with Crippen molar-refractivity contribution in [1.29, 1.82) is 0 Å². The number of methoxy groups -OCH3 is 1. The zero-order chi connectivity index (χ0) is 23.6. The second-order valence-corrected chi connectivity index (χ2v) is 10.6. The summed E-state index contributed by atoms with van der Waals surface area (Å²) in [4.78, 5) is 25.6. The van der Waals surface area contributed by atoms with Crippen LogP contribution in [0, 0.1) is 12.8 Å². The Morgan fingerprint density at radius 2 is 1.79 bits per heavy atom. The summed E-state index contributed by atoms with van der Waals surface area (Å²) in [6.07, 6.45) is 3.19. The first-order valence-electron chi connectivity index (χ1n) is 11.1. The number of hydrogen-bond donors (Lipinski definition) is 2. The van der Waals surface area contributed by atoms with Gasteiger partial charge in [-0.05, 0) is 74.6 Å². The molecule has 33 heavy (non-hydrogen) atoms. The molecule has 0 bridgehead atoms. The number of nitrogens with one attached hydrogen (secondary N) is 2. The molecule has 9 heteroatoms. The normalized spacial score (nSPS) is 19.0. The summed E-state index contributed by atoms with van der Waals surface area (Å²) in [6.45, 7) is 2.34. The van der Waals surface area contributed by atoms with E-state index in [0.717, 1.165) is 18.4 Å². The van der Waals surface area contributed by atoms with Gasteiger partial charge in [-0.3, -0.25) is 9.59 Å². The van der Waals surface area contributed by atoms with Gasteiger partial charge in [0.25, 0.3) is 5.91 Å². The maximum atomic E-state index is 13.1. The molecule has 1 unspecified atom stereocenters. The van der Waals surface area contributed by atoms with Crippen LogP contribution in [0.15, 0.2) is 47.4 Å². The first-order chi connectivity index (χ1) is 15.8. The Labute approximate surface area is 194 Å². The highest BCUT2D eigenvalue weighted by Gasteiger charge is 2.33. The van der Waals surface area contributed by atoms with Gasteiger partial charge in [0.15, 0.2) is 0 Å². The Balaban J connectivity index is 1.45. The van der Waals surface area contributed by atoms with E-state index in [0.29, 0.717) is 36.4 Å². The molecule has 1 aliphatic carbocycles. The second-order valence-electron chi connectivity index (χ2n) is 8.64. The van der Waals surface area contributed by atoms with Crippen molar-refractivity contribution < 1.29 is 22.7 Å². The Bertz CT molecular complexity index is 1140. The van der Waals surface area contributed by atoms with E-state index in [4.69, 9.17) is 4.74 Å². The predicted molar refractivity (Wildman–Crippen MR) is 125 cm³/mol. The number of nitrogens with zero attached hydrogens (tertiary/aromatic N) is 1. The van der Waals surface area contributed by atoms with Crippen molar-refractivity contribution in [3.8, 4) is 5.75 Å². The Morgan fingerprint density at radius 3 is 2.45 bits per heavy atom. The second kappa shape index (κ2) is 9.52. The molecule has 0 spiro atoms. The topological polar surface area (TPSA) is 105 Å². The number of rotatable bonds is 7. The molecule has 2 aromatic rings. The molecule has 0 radical (unpaired) electrons. The van der Waals surface area contributed by atoms with Crippen LogP contribution in [-0.4, -0.2) is 50.8 Å². The van der Waals surface area contributed by atoms with Crippen molar-refractivity contribution >= 4 is 27.5 Å². The standard InChI is InChI=1S/C24H29N3O5S/c1-16-5-6-17(23(28)25-19-7-8-19)14-22(16)26-24(29)18-4-3-13-27(15-18)33(30,31)21-11-9-20(32-2)10-12-21/h5-6,9-12,14,18-19H,3-4,7-8,13,15H2,1-2H3,(H,25,28)(H,26,29). The Kier molecular flexibility index (Phi) is 6.71. The van der Waals surface area contributed by atoms with Crippen molar-refractivity contribution in [3.05, 3.63) is 53.6 Å². The Hall–Kier alpha value is -2.91. The van der Waals surface area contributed by atoms with Crippen LogP contribution in [0.1, 0.15) is 41.6 Å². The van der Waals surface area contributed by atoms with E-state index in [9.17, 15) is 18.0 Å². The van der Waals surface area contributed by atoms with E-state index in [2.05, 4.69) is 10.6 Å². The number of ether oxygens (including phenoxy) is 1. The lowest BCUT2D eigenvalue weighted by molar-refractivity contribution is -0.120. The maximum absolute atomic E-state index is 13.1.